The summed E-state index contributed by atoms with van der Waals surface area (Å²) in [6.07, 6.45) is 3.86. The SMILES string of the molecule is Cc1cc(Br)cc(C)c1NC(=O)COc1ccc(/C=C2\SC(=S)N(C[C@H]3CCCO3)C2=O)cc1. The third-order valence-electron chi connectivity index (χ3n) is 5.59. The van der Waals surface area contributed by atoms with Gasteiger partial charge in [0.2, 0.25) is 0 Å². The van der Waals surface area contributed by atoms with E-state index in [4.69, 9.17) is 21.7 Å². The van der Waals surface area contributed by atoms with E-state index >= 15 is 0 Å². The van der Waals surface area contributed by atoms with Gasteiger partial charge in [0.1, 0.15) is 10.1 Å². The molecule has 6 nitrogen and oxygen atoms in total. The van der Waals surface area contributed by atoms with Crippen LogP contribution in [-0.2, 0) is 14.3 Å². The fourth-order valence-corrected chi connectivity index (χ4v) is 5.86. The molecule has 0 radical (unpaired) electrons. The summed E-state index contributed by atoms with van der Waals surface area (Å²) in [6, 6.07) is 11.2. The van der Waals surface area contributed by atoms with E-state index in [2.05, 4.69) is 21.2 Å². The molecule has 2 amide bonds. The molecular weight excluding hydrogens is 536 g/mol. The van der Waals surface area contributed by atoms with Crippen LogP contribution in [0.25, 0.3) is 6.08 Å². The molecule has 0 spiro atoms. The van der Waals surface area contributed by atoms with Crippen molar-refractivity contribution >= 4 is 67.8 Å². The summed E-state index contributed by atoms with van der Waals surface area (Å²) in [5, 5.41) is 2.91. The average molecular weight is 562 g/mol. The van der Waals surface area contributed by atoms with Gasteiger partial charge in [-0.05, 0) is 73.7 Å². The first-order chi connectivity index (χ1) is 16.3. The van der Waals surface area contributed by atoms with Crippen LogP contribution in [0.5, 0.6) is 5.75 Å². The van der Waals surface area contributed by atoms with E-state index in [9.17, 15) is 9.59 Å². The molecule has 2 aromatic carbocycles. The zero-order valence-electron chi connectivity index (χ0n) is 18.9. The molecule has 2 fully saturated rings. The molecule has 0 bridgehead atoms. The number of hydrogen-bond donors (Lipinski definition) is 1. The van der Waals surface area contributed by atoms with Gasteiger partial charge in [-0.2, -0.15) is 0 Å². The number of ether oxygens (including phenoxy) is 2. The van der Waals surface area contributed by atoms with Crippen molar-refractivity contribution in [3.05, 3.63) is 62.5 Å². The number of rotatable bonds is 7. The van der Waals surface area contributed by atoms with Crippen molar-refractivity contribution in [2.24, 2.45) is 0 Å². The lowest BCUT2D eigenvalue weighted by atomic mass is 10.1. The molecular formula is C25H25BrN2O4S2. The number of thiocarbonyl (C=S) groups is 1. The van der Waals surface area contributed by atoms with Gasteiger partial charge in [-0.25, -0.2) is 0 Å². The quantitative estimate of drug-likeness (QED) is 0.358. The molecule has 2 aliphatic heterocycles. The van der Waals surface area contributed by atoms with E-state index in [0.29, 0.717) is 21.5 Å². The second-order valence-electron chi connectivity index (χ2n) is 8.25. The molecule has 178 valence electrons. The Balaban J connectivity index is 1.32. The topological polar surface area (TPSA) is 67.9 Å². The highest BCUT2D eigenvalue weighted by molar-refractivity contribution is 9.10. The van der Waals surface area contributed by atoms with Crippen LogP contribution >= 0.6 is 39.9 Å². The molecule has 4 rings (SSSR count). The maximum absolute atomic E-state index is 12.8. The van der Waals surface area contributed by atoms with Gasteiger partial charge in [-0.3, -0.25) is 14.5 Å². The zero-order chi connectivity index (χ0) is 24.2. The minimum absolute atomic E-state index is 0.0621. The maximum Gasteiger partial charge on any atom is 0.266 e. The minimum Gasteiger partial charge on any atom is -0.484 e. The van der Waals surface area contributed by atoms with Crippen LogP contribution in [0, 0.1) is 13.8 Å². The van der Waals surface area contributed by atoms with Crippen molar-refractivity contribution < 1.29 is 19.1 Å². The Bertz CT molecular complexity index is 1120. The summed E-state index contributed by atoms with van der Waals surface area (Å²) >= 11 is 10.2. The number of anilines is 1. The number of carbonyl (C=O) groups excluding carboxylic acids is 2. The van der Waals surface area contributed by atoms with Crippen LogP contribution in [0.2, 0.25) is 0 Å². The van der Waals surface area contributed by atoms with E-state index < -0.39 is 0 Å². The van der Waals surface area contributed by atoms with Crippen LogP contribution in [0.1, 0.15) is 29.5 Å². The number of hydrogen-bond acceptors (Lipinski definition) is 6. The minimum atomic E-state index is -0.229. The Hall–Kier alpha value is -2.20. The first-order valence-corrected chi connectivity index (χ1v) is 13.0. The fraction of sp³-hybridized carbons (Fsp3) is 0.320. The van der Waals surface area contributed by atoms with Crippen LogP contribution < -0.4 is 10.1 Å². The van der Waals surface area contributed by atoms with Gasteiger partial charge in [-0.1, -0.05) is 52.0 Å². The third-order valence-corrected chi connectivity index (χ3v) is 7.43. The Kier molecular flexibility index (Phi) is 8.08. The number of thioether (sulfide) groups is 1. The van der Waals surface area contributed by atoms with Gasteiger partial charge in [0.15, 0.2) is 6.61 Å². The second-order valence-corrected chi connectivity index (χ2v) is 10.8. The summed E-state index contributed by atoms with van der Waals surface area (Å²) in [7, 11) is 0. The lowest BCUT2D eigenvalue weighted by Gasteiger charge is -2.18. The van der Waals surface area contributed by atoms with Gasteiger partial charge >= 0.3 is 0 Å². The number of benzene rings is 2. The van der Waals surface area contributed by atoms with Gasteiger partial charge in [0.25, 0.3) is 11.8 Å². The first kappa shape index (κ1) is 24.9. The molecule has 9 heteroatoms. The smallest absolute Gasteiger partial charge is 0.266 e. The zero-order valence-corrected chi connectivity index (χ0v) is 22.1. The summed E-state index contributed by atoms with van der Waals surface area (Å²) in [5.74, 6) is 0.260. The van der Waals surface area contributed by atoms with E-state index in [1.807, 2.05) is 44.2 Å². The highest BCUT2D eigenvalue weighted by atomic mass is 79.9. The Labute approximate surface area is 217 Å². The van der Waals surface area contributed by atoms with E-state index in [1.165, 1.54) is 11.8 Å². The van der Waals surface area contributed by atoms with Gasteiger partial charge in [0.05, 0.1) is 17.6 Å². The largest absolute Gasteiger partial charge is 0.484 e. The van der Waals surface area contributed by atoms with Crippen LogP contribution in [0.4, 0.5) is 5.69 Å². The number of halogens is 1. The Morgan fingerprint density at radius 1 is 1.29 bits per heavy atom. The van der Waals surface area contributed by atoms with Crippen molar-refractivity contribution in [2.75, 3.05) is 25.1 Å². The fourth-order valence-electron chi connectivity index (χ4n) is 3.89. The van der Waals surface area contributed by atoms with Gasteiger partial charge in [-0.15, -0.1) is 0 Å². The predicted octanol–water partition coefficient (Wildman–Crippen LogP) is 5.46. The molecule has 2 aliphatic rings. The van der Waals surface area contributed by atoms with Crippen molar-refractivity contribution in [2.45, 2.75) is 32.8 Å². The van der Waals surface area contributed by atoms with Crippen LogP contribution in [-0.4, -0.2) is 46.9 Å². The number of amides is 2. The molecule has 0 aliphatic carbocycles. The highest BCUT2D eigenvalue weighted by Crippen LogP contribution is 2.33. The lowest BCUT2D eigenvalue weighted by molar-refractivity contribution is -0.123. The summed E-state index contributed by atoms with van der Waals surface area (Å²) in [4.78, 5) is 27.4. The lowest BCUT2D eigenvalue weighted by Crippen LogP contribution is -2.35. The molecule has 2 heterocycles. The number of nitrogens with one attached hydrogen (secondary N) is 1. The van der Waals surface area contributed by atoms with Crippen molar-refractivity contribution in [1.82, 2.24) is 4.90 Å². The van der Waals surface area contributed by atoms with Gasteiger partial charge in [0, 0.05) is 16.8 Å². The second kappa shape index (κ2) is 11.0. The molecule has 2 aromatic rings. The summed E-state index contributed by atoms with van der Waals surface area (Å²) < 4.78 is 12.8. The predicted molar refractivity (Wildman–Crippen MR) is 143 cm³/mol. The standard InChI is InChI=1S/C25H25BrN2O4S2/c1-15-10-18(26)11-16(2)23(15)27-22(29)14-32-19-7-5-17(6-8-19)12-21-24(30)28(25(33)34-21)13-20-4-3-9-31-20/h5-8,10-12,20H,3-4,9,13-14H2,1-2H3,(H,27,29)/b21-12-/t20-/m1/s1. The van der Waals surface area contributed by atoms with Crippen LogP contribution in [0.15, 0.2) is 45.8 Å². The molecule has 1 atom stereocenters. The number of aryl methyl sites for hydroxylation is 2. The summed E-state index contributed by atoms with van der Waals surface area (Å²) in [6.45, 7) is 5.05. The molecule has 0 saturated carbocycles. The molecule has 34 heavy (non-hydrogen) atoms. The van der Waals surface area contributed by atoms with Crippen molar-refractivity contribution in [3.63, 3.8) is 0 Å². The Morgan fingerprint density at radius 3 is 2.65 bits per heavy atom. The van der Waals surface area contributed by atoms with Crippen LogP contribution in [0.3, 0.4) is 0 Å². The highest BCUT2D eigenvalue weighted by Gasteiger charge is 2.34. The van der Waals surface area contributed by atoms with Crippen molar-refractivity contribution in [1.29, 1.82) is 0 Å². The number of nitrogens with zero attached hydrogens (tertiary/aromatic N) is 1. The molecule has 0 aromatic heterocycles. The monoisotopic (exact) mass is 560 g/mol. The molecule has 0 unspecified atom stereocenters. The van der Waals surface area contributed by atoms with E-state index in [0.717, 1.165) is 46.3 Å². The van der Waals surface area contributed by atoms with Gasteiger partial charge < -0.3 is 14.8 Å². The molecule has 2 saturated heterocycles. The first-order valence-electron chi connectivity index (χ1n) is 11.0. The Morgan fingerprint density at radius 2 is 2.00 bits per heavy atom. The van der Waals surface area contributed by atoms with Crippen molar-refractivity contribution in [3.8, 4) is 5.75 Å². The normalized spacial score (nSPS) is 19.2. The molecule has 1 N–H and O–H groups in total. The third kappa shape index (κ3) is 6.07. The average Bonchev–Trinajstić information content (AvgIpc) is 3.40. The maximum atomic E-state index is 12.8. The van der Waals surface area contributed by atoms with E-state index in [-0.39, 0.29) is 24.5 Å². The summed E-state index contributed by atoms with van der Waals surface area (Å²) in [5.41, 5.74) is 3.61. The van der Waals surface area contributed by atoms with E-state index in [1.54, 1.807) is 17.0 Å². The number of carbonyl (C=O) groups is 2.